The molecule has 3 aromatic carbocycles. The molecular weight excluding hydrogens is 356 g/mol. The molecule has 0 aliphatic heterocycles. The van der Waals surface area contributed by atoms with Crippen LogP contribution in [0.5, 0.6) is 5.75 Å². The molecule has 0 saturated heterocycles. The van der Waals surface area contributed by atoms with E-state index >= 15 is 0 Å². The SMILES string of the molecule is Cc1cccc(Cc2nccn2Cc2cccc(OCc3ccccc3)c2)c1C. The fourth-order valence-corrected chi connectivity index (χ4v) is 3.50. The van der Waals surface area contributed by atoms with E-state index in [1.165, 1.54) is 27.8 Å². The normalized spacial score (nSPS) is 10.8. The average molecular weight is 383 g/mol. The van der Waals surface area contributed by atoms with E-state index < -0.39 is 0 Å². The molecule has 0 atom stereocenters. The highest BCUT2D eigenvalue weighted by atomic mass is 16.5. The van der Waals surface area contributed by atoms with Gasteiger partial charge in [-0.2, -0.15) is 0 Å². The van der Waals surface area contributed by atoms with Crippen molar-refractivity contribution in [3.8, 4) is 5.75 Å². The number of nitrogens with zero attached hydrogens (tertiary/aromatic N) is 2. The van der Waals surface area contributed by atoms with E-state index in [4.69, 9.17) is 4.74 Å². The van der Waals surface area contributed by atoms with Crippen molar-refractivity contribution in [1.82, 2.24) is 9.55 Å². The molecule has 29 heavy (non-hydrogen) atoms. The van der Waals surface area contributed by atoms with Crippen molar-refractivity contribution in [2.24, 2.45) is 0 Å². The van der Waals surface area contributed by atoms with E-state index in [-0.39, 0.29) is 0 Å². The third-order valence-corrected chi connectivity index (χ3v) is 5.37. The summed E-state index contributed by atoms with van der Waals surface area (Å²) in [5.74, 6) is 1.97. The van der Waals surface area contributed by atoms with Gasteiger partial charge in [0.05, 0.1) is 0 Å². The number of rotatable bonds is 7. The van der Waals surface area contributed by atoms with Crippen LogP contribution in [0.25, 0.3) is 0 Å². The van der Waals surface area contributed by atoms with Gasteiger partial charge in [0.1, 0.15) is 18.2 Å². The van der Waals surface area contributed by atoms with Gasteiger partial charge >= 0.3 is 0 Å². The molecule has 0 N–H and O–H groups in total. The third-order valence-electron chi connectivity index (χ3n) is 5.37. The smallest absolute Gasteiger partial charge is 0.120 e. The first kappa shape index (κ1) is 19.0. The molecule has 4 rings (SSSR count). The largest absolute Gasteiger partial charge is 0.489 e. The quantitative estimate of drug-likeness (QED) is 0.409. The lowest BCUT2D eigenvalue weighted by Crippen LogP contribution is -2.06. The van der Waals surface area contributed by atoms with Gasteiger partial charge in [0.2, 0.25) is 0 Å². The highest BCUT2D eigenvalue weighted by Gasteiger charge is 2.08. The Morgan fingerprint density at radius 3 is 2.52 bits per heavy atom. The molecule has 0 amide bonds. The highest BCUT2D eigenvalue weighted by molar-refractivity contribution is 5.35. The summed E-state index contributed by atoms with van der Waals surface area (Å²) in [7, 11) is 0. The van der Waals surface area contributed by atoms with E-state index in [9.17, 15) is 0 Å². The molecule has 4 aromatic rings. The van der Waals surface area contributed by atoms with Gasteiger partial charge in [-0.3, -0.25) is 0 Å². The molecule has 0 saturated carbocycles. The second-order valence-electron chi connectivity index (χ2n) is 7.43. The van der Waals surface area contributed by atoms with E-state index in [2.05, 4.69) is 78.1 Å². The molecule has 146 valence electrons. The first-order valence-corrected chi connectivity index (χ1v) is 10.00. The van der Waals surface area contributed by atoms with Crippen molar-refractivity contribution >= 4 is 0 Å². The fourth-order valence-electron chi connectivity index (χ4n) is 3.50. The summed E-state index contributed by atoms with van der Waals surface area (Å²) in [5, 5.41) is 0. The molecule has 0 fully saturated rings. The summed E-state index contributed by atoms with van der Waals surface area (Å²) in [6.07, 6.45) is 4.78. The minimum atomic E-state index is 0.577. The van der Waals surface area contributed by atoms with Crippen LogP contribution >= 0.6 is 0 Å². The molecule has 3 nitrogen and oxygen atoms in total. The predicted molar refractivity (Wildman–Crippen MR) is 117 cm³/mol. The summed E-state index contributed by atoms with van der Waals surface area (Å²) in [6, 6.07) is 25.0. The maximum atomic E-state index is 5.98. The number of benzene rings is 3. The fraction of sp³-hybridized carbons (Fsp3) is 0.192. The van der Waals surface area contributed by atoms with Crippen molar-refractivity contribution in [2.75, 3.05) is 0 Å². The lowest BCUT2D eigenvalue weighted by atomic mass is 10.0. The van der Waals surface area contributed by atoms with Gasteiger partial charge in [-0.25, -0.2) is 4.98 Å². The summed E-state index contributed by atoms with van der Waals surface area (Å²) in [4.78, 5) is 4.61. The van der Waals surface area contributed by atoms with E-state index in [0.29, 0.717) is 6.61 Å². The van der Waals surface area contributed by atoms with E-state index in [1.807, 2.05) is 30.5 Å². The minimum Gasteiger partial charge on any atom is -0.489 e. The monoisotopic (exact) mass is 382 g/mol. The zero-order valence-corrected chi connectivity index (χ0v) is 17.0. The van der Waals surface area contributed by atoms with Crippen LogP contribution in [0.3, 0.4) is 0 Å². The number of aryl methyl sites for hydroxylation is 1. The molecule has 0 bridgehead atoms. The van der Waals surface area contributed by atoms with Crippen molar-refractivity contribution in [1.29, 1.82) is 0 Å². The van der Waals surface area contributed by atoms with Crippen LogP contribution in [0.1, 0.15) is 33.6 Å². The second-order valence-corrected chi connectivity index (χ2v) is 7.43. The van der Waals surface area contributed by atoms with Gasteiger partial charge in [0.15, 0.2) is 0 Å². The lowest BCUT2D eigenvalue weighted by Gasteiger charge is -2.12. The van der Waals surface area contributed by atoms with Gasteiger partial charge in [0.25, 0.3) is 0 Å². The van der Waals surface area contributed by atoms with Crippen LogP contribution in [-0.2, 0) is 19.6 Å². The molecular formula is C26H26N2O. The number of hydrogen-bond acceptors (Lipinski definition) is 2. The Bertz CT molecular complexity index is 1080. The van der Waals surface area contributed by atoms with Crippen LogP contribution < -0.4 is 4.74 Å². The molecule has 1 aromatic heterocycles. The topological polar surface area (TPSA) is 27.1 Å². The summed E-state index contributed by atoms with van der Waals surface area (Å²) in [5.41, 5.74) is 6.37. The van der Waals surface area contributed by atoms with Crippen LogP contribution in [0, 0.1) is 13.8 Å². The number of imidazole rings is 1. The molecule has 0 aliphatic carbocycles. The summed E-state index contributed by atoms with van der Waals surface area (Å²) < 4.78 is 8.20. The van der Waals surface area contributed by atoms with Gasteiger partial charge in [0, 0.05) is 25.4 Å². The van der Waals surface area contributed by atoms with Gasteiger partial charge < -0.3 is 9.30 Å². The predicted octanol–water partition coefficient (Wildman–Crippen LogP) is 5.72. The number of hydrogen-bond donors (Lipinski definition) is 0. The molecule has 0 radical (unpaired) electrons. The Balaban J connectivity index is 1.46. The number of ether oxygens (including phenoxy) is 1. The van der Waals surface area contributed by atoms with Crippen LogP contribution in [0.15, 0.2) is 85.2 Å². The van der Waals surface area contributed by atoms with Crippen LogP contribution in [0.4, 0.5) is 0 Å². The number of aromatic nitrogens is 2. The molecule has 3 heteroatoms. The molecule has 0 aliphatic rings. The Labute approximate surface area is 172 Å². The molecule has 0 unspecified atom stereocenters. The maximum absolute atomic E-state index is 5.98. The van der Waals surface area contributed by atoms with Crippen LogP contribution in [-0.4, -0.2) is 9.55 Å². The average Bonchev–Trinajstić information content (AvgIpc) is 3.17. The van der Waals surface area contributed by atoms with Crippen LogP contribution in [0.2, 0.25) is 0 Å². The second kappa shape index (κ2) is 8.78. The Kier molecular flexibility index (Phi) is 5.76. The maximum Gasteiger partial charge on any atom is 0.120 e. The zero-order valence-electron chi connectivity index (χ0n) is 17.0. The van der Waals surface area contributed by atoms with Crippen molar-refractivity contribution in [3.05, 3.63) is 119 Å². The summed E-state index contributed by atoms with van der Waals surface area (Å²) >= 11 is 0. The van der Waals surface area contributed by atoms with E-state index in [1.54, 1.807) is 0 Å². The minimum absolute atomic E-state index is 0.577. The molecule has 0 spiro atoms. The van der Waals surface area contributed by atoms with Gasteiger partial charge in [-0.1, -0.05) is 60.7 Å². The lowest BCUT2D eigenvalue weighted by molar-refractivity contribution is 0.306. The van der Waals surface area contributed by atoms with Gasteiger partial charge in [-0.05, 0) is 53.8 Å². The Morgan fingerprint density at radius 2 is 1.66 bits per heavy atom. The Morgan fingerprint density at radius 1 is 0.862 bits per heavy atom. The van der Waals surface area contributed by atoms with Crippen molar-refractivity contribution in [3.63, 3.8) is 0 Å². The van der Waals surface area contributed by atoms with Crippen molar-refractivity contribution < 1.29 is 4.74 Å². The molecule has 1 heterocycles. The van der Waals surface area contributed by atoms with Crippen molar-refractivity contribution in [2.45, 2.75) is 33.4 Å². The first-order valence-electron chi connectivity index (χ1n) is 10.00. The van der Waals surface area contributed by atoms with Gasteiger partial charge in [-0.15, -0.1) is 0 Å². The highest BCUT2D eigenvalue weighted by Crippen LogP contribution is 2.19. The first-order chi connectivity index (χ1) is 14.2. The Hall–Kier alpha value is -3.33. The third kappa shape index (κ3) is 4.75. The summed E-state index contributed by atoms with van der Waals surface area (Å²) in [6.45, 7) is 5.70. The van der Waals surface area contributed by atoms with E-state index in [0.717, 1.165) is 24.5 Å². The zero-order chi connectivity index (χ0) is 20.1. The standard InChI is InChI=1S/C26H26N2O/c1-20-8-6-12-24(21(20)2)17-26-27-14-15-28(26)18-23-11-7-13-25(16-23)29-19-22-9-4-3-5-10-22/h3-16H,17-19H2,1-2H3.